The molecule has 5 rings (SSSR count). The van der Waals surface area contributed by atoms with Gasteiger partial charge in [-0.3, -0.25) is 14.9 Å². The fourth-order valence-corrected chi connectivity index (χ4v) is 3.42. The highest BCUT2D eigenvalue weighted by molar-refractivity contribution is 6.15. The minimum absolute atomic E-state index is 0.0319. The van der Waals surface area contributed by atoms with E-state index in [0.29, 0.717) is 28.3 Å². The summed E-state index contributed by atoms with van der Waals surface area (Å²) < 4.78 is 43.0. The lowest BCUT2D eigenvalue weighted by atomic mass is 10.1. The second kappa shape index (κ2) is 8.32. The molecule has 3 heterocycles. The first kappa shape index (κ1) is 21.7. The molecule has 0 unspecified atom stereocenters. The Morgan fingerprint density at radius 1 is 1.24 bits per heavy atom. The Bertz CT molecular complexity index is 1310. The predicted molar refractivity (Wildman–Crippen MR) is 114 cm³/mol. The van der Waals surface area contributed by atoms with E-state index < -0.39 is 12.3 Å². The largest absolute Gasteiger partial charge is 0.573 e. The summed E-state index contributed by atoms with van der Waals surface area (Å²) in [4.78, 5) is 32.4. The number of nitrogens with zero attached hydrogens (tertiary/aromatic N) is 4. The average Bonchev–Trinajstić information content (AvgIpc) is 3.40. The summed E-state index contributed by atoms with van der Waals surface area (Å²) in [5, 5.41) is 12.8. The van der Waals surface area contributed by atoms with Crippen LogP contribution in [0.4, 0.5) is 25.1 Å². The number of hydrogen-bond donors (Lipinski definition) is 3. The van der Waals surface area contributed by atoms with Crippen LogP contribution < -0.4 is 20.7 Å². The Hall–Kier alpha value is -4.16. The van der Waals surface area contributed by atoms with Gasteiger partial charge in [-0.15, -0.1) is 13.2 Å². The van der Waals surface area contributed by atoms with Crippen LogP contribution in [0.2, 0.25) is 0 Å². The Balaban J connectivity index is 1.43. The normalized spacial score (nSPS) is 17.3. The number of benzene rings is 1. The molecule has 1 saturated heterocycles. The highest BCUT2D eigenvalue weighted by Crippen LogP contribution is 2.27. The van der Waals surface area contributed by atoms with Crippen molar-refractivity contribution in [1.29, 1.82) is 0 Å². The van der Waals surface area contributed by atoms with Gasteiger partial charge in [0.25, 0.3) is 5.91 Å². The number of amides is 2. The zero-order valence-corrected chi connectivity index (χ0v) is 17.5. The second-order valence-electron chi connectivity index (χ2n) is 7.90. The number of ether oxygens (including phenoxy) is 1. The maximum atomic E-state index is 12.5. The van der Waals surface area contributed by atoms with Gasteiger partial charge in [-0.25, -0.2) is 0 Å². The highest BCUT2D eigenvalue weighted by atomic mass is 19.4. The van der Waals surface area contributed by atoms with Gasteiger partial charge in [-0.1, -0.05) is 12.1 Å². The molecule has 0 spiro atoms. The van der Waals surface area contributed by atoms with Crippen LogP contribution in [0.25, 0.3) is 11.7 Å². The van der Waals surface area contributed by atoms with Gasteiger partial charge in [0, 0.05) is 23.7 Å². The number of aromatic nitrogens is 4. The Kier molecular flexibility index (Phi) is 5.30. The molecule has 1 saturated carbocycles. The van der Waals surface area contributed by atoms with Crippen LogP contribution in [0.3, 0.4) is 0 Å². The smallest absolute Gasteiger partial charge is 0.406 e. The van der Waals surface area contributed by atoms with Gasteiger partial charge in [0.05, 0.1) is 12.6 Å². The quantitative estimate of drug-likeness (QED) is 0.354. The zero-order chi connectivity index (χ0) is 23.9. The van der Waals surface area contributed by atoms with Crippen LogP contribution in [0.5, 0.6) is 5.75 Å². The Labute approximate surface area is 190 Å². The zero-order valence-electron chi connectivity index (χ0n) is 17.5. The second-order valence-corrected chi connectivity index (χ2v) is 7.90. The maximum Gasteiger partial charge on any atom is 0.573 e. The molecule has 176 valence electrons. The first-order valence-corrected chi connectivity index (χ1v) is 10.4. The van der Waals surface area contributed by atoms with Crippen LogP contribution in [0.1, 0.15) is 30.4 Å². The molecular weight excluding hydrogens is 455 g/mol. The molecule has 1 aliphatic heterocycles. The third-order valence-corrected chi connectivity index (χ3v) is 5.11. The molecule has 2 aliphatic rings. The summed E-state index contributed by atoms with van der Waals surface area (Å²) in [6.07, 6.45) is 0.236. The molecule has 0 atom stereocenters. The lowest BCUT2D eigenvalue weighted by molar-refractivity contribution is -0.274. The predicted octanol–water partition coefficient (Wildman–Crippen LogP) is 2.64. The van der Waals surface area contributed by atoms with Gasteiger partial charge in [-0.05, 0) is 36.6 Å². The molecule has 1 aliphatic carbocycles. The van der Waals surface area contributed by atoms with Crippen molar-refractivity contribution in [1.82, 2.24) is 24.9 Å². The average molecular weight is 473 g/mol. The van der Waals surface area contributed by atoms with Crippen LogP contribution in [0, 0.1) is 0 Å². The van der Waals surface area contributed by atoms with Crippen molar-refractivity contribution < 1.29 is 27.5 Å². The number of carbonyl (C=O) groups is 2. The Morgan fingerprint density at radius 3 is 2.76 bits per heavy atom. The van der Waals surface area contributed by atoms with E-state index in [9.17, 15) is 22.8 Å². The van der Waals surface area contributed by atoms with Crippen molar-refractivity contribution >= 4 is 35.4 Å². The third-order valence-electron chi connectivity index (χ3n) is 5.11. The minimum Gasteiger partial charge on any atom is -0.406 e. The molecule has 2 aromatic heterocycles. The summed E-state index contributed by atoms with van der Waals surface area (Å²) in [5.41, 5.74) is 1.74. The fraction of sp³-hybridized carbons (Fsp3) is 0.286. The monoisotopic (exact) mass is 473 g/mol. The van der Waals surface area contributed by atoms with Gasteiger partial charge < -0.3 is 15.4 Å². The molecule has 1 aromatic carbocycles. The van der Waals surface area contributed by atoms with E-state index >= 15 is 0 Å². The first-order valence-electron chi connectivity index (χ1n) is 10.4. The number of imide groups is 1. The van der Waals surface area contributed by atoms with E-state index in [2.05, 4.69) is 35.8 Å². The van der Waals surface area contributed by atoms with Crippen molar-refractivity contribution in [2.75, 3.05) is 10.6 Å². The van der Waals surface area contributed by atoms with E-state index in [0.717, 1.165) is 12.8 Å². The molecule has 3 N–H and O–H groups in total. The lowest BCUT2D eigenvalue weighted by Crippen LogP contribution is -2.19. The molecule has 10 nitrogen and oxygen atoms in total. The molecule has 2 fully saturated rings. The Morgan fingerprint density at radius 2 is 2.06 bits per heavy atom. The number of rotatable bonds is 7. The van der Waals surface area contributed by atoms with Gasteiger partial charge in [0.15, 0.2) is 5.65 Å². The van der Waals surface area contributed by atoms with E-state index in [1.165, 1.54) is 28.9 Å². The van der Waals surface area contributed by atoms with Gasteiger partial charge in [0.1, 0.15) is 5.75 Å². The third kappa shape index (κ3) is 4.92. The molecule has 34 heavy (non-hydrogen) atoms. The molecule has 0 bridgehead atoms. The minimum atomic E-state index is -4.78. The maximum absolute atomic E-state index is 12.5. The lowest BCUT2D eigenvalue weighted by Gasteiger charge is -2.12. The first-order chi connectivity index (χ1) is 16.2. The van der Waals surface area contributed by atoms with E-state index in [-0.39, 0.29) is 36.6 Å². The van der Waals surface area contributed by atoms with Crippen molar-refractivity contribution in [3.8, 4) is 5.75 Å². The van der Waals surface area contributed by atoms with Gasteiger partial charge in [0.2, 0.25) is 17.8 Å². The van der Waals surface area contributed by atoms with Crippen LogP contribution in [-0.4, -0.2) is 43.8 Å². The summed E-state index contributed by atoms with van der Waals surface area (Å²) in [7, 11) is 0. The van der Waals surface area contributed by atoms with Gasteiger partial charge in [-0.2, -0.15) is 19.6 Å². The SMILES string of the molecule is O=C1C/C(=C\c2cnn3c(NC4CC4)nc(NCc4cccc(OC(F)(F)F)c4)nc23)C(=O)N1. The van der Waals surface area contributed by atoms with Crippen LogP contribution in [-0.2, 0) is 16.1 Å². The molecule has 2 amide bonds. The standard InChI is InChI=1S/C21H18F3N7O3/c22-21(23,24)34-15-3-1-2-11(6-15)9-25-19-29-17-13(7-12-8-16(32)28-18(12)33)10-26-31(17)20(30-19)27-14-4-5-14/h1-3,6-7,10,14H,4-5,8-9H2,(H,28,32,33)(H2,25,27,29,30)/b12-7+. The number of nitrogens with one attached hydrogen (secondary N) is 3. The van der Waals surface area contributed by atoms with Crippen molar-refractivity contribution in [3.63, 3.8) is 0 Å². The van der Waals surface area contributed by atoms with E-state index in [1.807, 2.05) is 0 Å². The van der Waals surface area contributed by atoms with E-state index in [4.69, 9.17) is 0 Å². The van der Waals surface area contributed by atoms with Crippen molar-refractivity contribution in [3.05, 3.63) is 47.2 Å². The summed E-state index contributed by atoms with van der Waals surface area (Å²) in [6.45, 7) is 0.134. The number of halogens is 3. The van der Waals surface area contributed by atoms with Crippen LogP contribution in [0.15, 0.2) is 36.0 Å². The number of carbonyl (C=O) groups excluding carboxylic acids is 2. The van der Waals surface area contributed by atoms with Crippen molar-refractivity contribution in [2.45, 2.75) is 38.2 Å². The molecule has 13 heteroatoms. The summed E-state index contributed by atoms with van der Waals surface area (Å²) in [5.74, 6) is -0.523. The highest BCUT2D eigenvalue weighted by Gasteiger charge is 2.31. The summed E-state index contributed by atoms with van der Waals surface area (Å²) >= 11 is 0. The topological polar surface area (TPSA) is 123 Å². The van der Waals surface area contributed by atoms with Crippen molar-refractivity contribution in [2.24, 2.45) is 0 Å². The van der Waals surface area contributed by atoms with Crippen LogP contribution >= 0.6 is 0 Å². The number of fused-ring (bicyclic) bond motifs is 1. The number of alkyl halides is 3. The molecular formula is C21H18F3N7O3. The number of anilines is 2. The fourth-order valence-electron chi connectivity index (χ4n) is 3.42. The van der Waals surface area contributed by atoms with E-state index in [1.54, 1.807) is 12.1 Å². The number of hydrogen-bond acceptors (Lipinski definition) is 8. The van der Waals surface area contributed by atoms with Gasteiger partial charge >= 0.3 is 6.36 Å². The molecule has 3 aromatic rings. The summed E-state index contributed by atoms with van der Waals surface area (Å²) in [6, 6.07) is 5.84. The molecule has 0 radical (unpaired) electrons.